The molecule has 0 aromatic heterocycles. The van der Waals surface area contributed by atoms with Crippen LogP contribution in [0.15, 0.2) is 53.6 Å². The van der Waals surface area contributed by atoms with Gasteiger partial charge in [0.05, 0.1) is 5.69 Å². The summed E-state index contributed by atoms with van der Waals surface area (Å²) in [6.45, 7) is 0.228. The van der Waals surface area contributed by atoms with Crippen molar-refractivity contribution in [3.63, 3.8) is 0 Å². The van der Waals surface area contributed by atoms with E-state index in [1.54, 1.807) is 48.5 Å². The van der Waals surface area contributed by atoms with Crippen molar-refractivity contribution in [2.24, 2.45) is 5.10 Å². The van der Waals surface area contributed by atoms with Gasteiger partial charge in [-0.15, -0.1) is 0 Å². The highest BCUT2D eigenvalue weighted by Crippen LogP contribution is 2.18. The second kappa shape index (κ2) is 7.41. The Morgan fingerprint density at radius 2 is 1.91 bits per heavy atom. The van der Waals surface area contributed by atoms with Gasteiger partial charge >= 0.3 is 0 Å². The quantitative estimate of drug-likeness (QED) is 0.678. The van der Waals surface area contributed by atoms with Crippen LogP contribution in [-0.2, 0) is 6.61 Å². The smallest absolute Gasteiger partial charge is 0.237 e. The topological polar surface area (TPSA) is 81.2 Å². The second-order valence-electron chi connectivity index (χ2n) is 4.24. The minimum atomic E-state index is -0.314. The summed E-state index contributed by atoms with van der Waals surface area (Å²) in [6.07, 6.45) is 0. The average molecular weight is 294 g/mol. The zero-order valence-electron chi connectivity index (χ0n) is 11.5. The molecule has 0 amide bonds. The third kappa shape index (κ3) is 4.32. The average Bonchev–Trinajstić information content (AvgIpc) is 2.54. The van der Waals surface area contributed by atoms with Crippen molar-refractivity contribution in [2.45, 2.75) is 6.61 Å². The predicted octanol–water partition coefficient (Wildman–Crippen LogP) is 3.22. The second-order valence-corrected chi connectivity index (χ2v) is 4.24. The molecule has 0 radical (unpaired) electrons. The van der Waals surface area contributed by atoms with Crippen molar-refractivity contribution in [1.29, 1.82) is 10.5 Å². The first-order chi connectivity index (χ1) is 10.7. The van der Waals surface area contributed by atoms with Crippen molar-refractivity contribution < 1.29 is 9.13 Å². The molecule has 0 heterocycles. The van der Waals surface area contributed by atoms with Gasteiger partial charge in [0.15, 0.2) is 0 Å². The number of benzene rings is 2. The van der Waals surface area contributed by atoms with E-state index in [9.17, 15) is 4.39 Å². The highest BCUT2D eigenvalue weighted by Gasteiger charge is 2.00. The van der Waals surface area contributed by atoms with Crippen molar-refractivity contribution in [1.82, 2.24) is 0 Å². The summed E-state index contributed by atoms with van der Waals surface area (Å²) in [6, 6.07) is 16.3. The van der Waals surface area contributed by atoms with Crippen LogP contribution in [0.4, 0.5) is 10.1 Å². The van der Waals surface area contributed by atoms with Gasteiger partial charge < -0.3 is 4.74 Å². The van der Waals surface area contributed by atoms with Crippen molar-refractivity contribution in [3.05, 3.63) is 59.9 Å². The van der Waals surface area contributed by atoms with Crippen molar-refractivity contribution >= 4 is 11.4 Å². The van der Waals surface area contributed by atoms with E-state index in [-0.39, 0.29) is 18.1 Å². The van der Waals surface area contributed by atoms with E-state index in [2.05, 4.69) is 10.5 Å². The lowest BCUT2D eigenvalue weighted by molar-refractivity contribution is 0.305. The Balaban J connectivity index is 2.01. The summed E-state index contributed by atoms with van der Waals surface area (Å²) >= 11 is 0. The minimum Gasteiger partial charge on any atom is -0.489 e. The largest absolute Gasteiger partial charge is 0.489 e. The number of hydrogen-bond donors (Lipinski definition) is 1. The number of ether oxygens (including phenoxy) is 1. The summed E-state index contributed by atoms with van der Waals surface area (Å²) in [5, 5.41) is 20.8. The molecule has 2 aromatic rings. The summed E-state index contributed by atoms with van der Waals surface area (Å²) in [7, 11) is 0. The lowest BCUT2D eigenvalue weighted by atomic mass is 10.2. The first kappa shape index (κ1) is 15.0. The Labute approximate surface area is 126 Å². The Morgan fingerprint density at radius 3 is 2.64 bits per heavy atom. The number of hydrogen-bond acceptors (Lipinski definition) is 5. The Bertz CT molecular complexity index is 758. The lowest BCUT2D eigenvalue weighted by Crippen LogP contribution is -1.98. The van der Waals surface area contributed by atoms with Crippen LogP contribution < -0.4 is 10.2 Å². The van der Waals surface area contributed by atoms with Crippen LogP contribution in [0.5, 0.6) is 5.75 Å². The van der Waals surface area contributed by atoms with Gasteiger partial charge in [-0.1, -0.05) is 18.2 Å². The van der Waals surface area contributed by atoms with Crippen LogP contribution in [0.2, 0.25) is 0 Å². The first-order valence-corrected chi connectivity index (χ1v) is 6.32. The number of halogens is 1. The highest BCUT2D eigenvalue weighted by atomic mass is 19.1. The fraction of sp³-hybridized carbons (Fsp3) is 0.0625. The molecule has 0 aliphatic rings. The molecule has 0 bridgehead atoms. The summed E-state index contributed by atoms with van der Waals surface area (Å²) in [5.41, 5.74) is 3.61. The van der Waals surface area contributed by atoms with Gasteiger partial charge in [-0.3, -0.25) is 5.43 Å². The molecule has 0 spiro atoms. The van der Waals surface area contributed by atoms with Gasteiger partial charge in [-0.25, -0.2) is 4.39 Å². The molecule has 6 heteroatoms. The van der Waals surface area contributed by atoms with E-state index in [0.717, 1.165) is 0 Å². The van der Waals surface area contributed by atoms with E-state index in [1.165, 1.54) is 12.1 Å². The van der Waals surface area contributed by atoms with Gasteiger partial charge in [0.2, 0.25) is 5.71 Å². The summed E-state index contributed by atoms with van der Waals surface area (Å²) < 4.78 is 18.6. The maximum atomic E-state index is 13.1. The monoisotopic (exact) mass is 294 g/mol. The molecule has 2 rings (SSSR count). The van der Waals surface area contributed by atoms with Gasteiger partial charge in [0.25, 0.3) is 0 Å². The maximum absolute atomic E-state index is 13.1. The molecule has 5 nitrogen and oxygen atoms in total. The van der Waals surface area contributed by atoms with Crippen LogP contribution in [0.25, 0.3) is 0 Å². The Hall–Kier alpha value is -3.38. The van der Waals surface area contributed by atoms with Gasteiger partial charge in [-0.2, -0.15) is 15.6 Å². The fourth-order valence-electron chi connectivity index (χ4n) is 1.64. The van der Waals surface area contributed by atoms with Crippen LogP contribution >= 0.6 is 0 Å². The number of hydrazone groups is 1. The standard InChI is InChI=1S/C16H11FN4O/c17-13-4-1-3-12(7-13)11-22-16-6-2-5-14(8-16)20-21-15(9-18)10-19/h1-8,20H,11H2. The molecule has 2 aromatic carbocycles. The molecule has 1 N–H and O–H groups in total. The molecule has 0 fully saturated rings. The number of nitrogens with one attached hydrogen (secondary N) is 1. The zero-order valence-corrected chi connectivity index (χ0v) is 11.5. The molecule has 0 unspecified atom stereocenters. The van der Waals surface area contributed by atoms with Gasteiger partial charge in [0.1, 0.15) is 30.3 Å². The number of anilines is 1. The van der Waals surface area contributed by atoms with Crippen LogP contribution in [-0.4, -0.2) is 5.71 Å². The SMILES string of the molecule is N#CC(C#N)=NNc1cccc(OCc2cccc(F)c2)c1. The molecule has 108 valence electrons. The van der Waals surface area contributed by atoms with Crippen LogP contribution in [0.1, 0.15) is 5.56 Å². The van der Waals surface area contributed by atoms with E-state index < -0.39 is 0 Å². The minimum absolute atomic E-state index is 0.228. The molecule has 0 saturated carbocycles. The first-order valence-electron chi connectivity index (χ1n) is 6.32. The zero-order chi connectivity index (χ0) is 15.8. The van der Waals surface area contributed by atoms with E-state index in [4.69, 9.17) is 15.3 Å². The van der Waals surface area contributed by atoms with Gasteiger partial charge in [-0.05, 0) is 29.8 Å². The van der Waals surface area contributed by atoms with Gasteiger partial charge in [0, 0.05) is 6.07 Å². The lowest BCUT2D eigenvalue weighted by Gasteiger charge is -2.08. The predicted molar refractivity (Wildman–Crippen MR) is 79.5 cm³/mol. The third-order valence-corrected chi connectivity index (χ3v) is 2.64. The molecular formula is C16H11FN4O. The molecule has 0 aliphatic carbocycles. The Morgan fingerprint density at radius 1 is 1.14 bits per heavy atom. The number of nitrogens with zero attached hydrogens (tertiary/aromatic N) is 3. The third-order valence-electron chi connectivity index (χ3n) is 2.64. The molecule has 22 heavy (non-hydrogen) atoms. The summed E-state index contributed by atoms with van der Waals surface area (Å²) in [4.78, 5) is 0. The molecule has 0 saturated heterocycles. The fourth-order valence-corrected chi connectivity index (χ4v) is 1.64. The molecule has 0 atom stereocenters. The normalized spacial score (nSPS) is 9.23. The van der Waals surface area contributed by atoms with E-state index in [0.29, 0.717) is 17.0 Å². The molecular weight excluding hydrogens is 283 g/mol. The summed E-state index contributed by atoms with van der Waals surface area (Å²) in [5.74, 6) is 0.242. The van der Waals surface area contributed by atoms with Crippen LogP contribution in [0.3, 0.4) is 0 Å². The molecule has 0 aliphatic heterocycles. The number of rotatable bonds is 5. The van der Waals surface area contributed by atoms with E-state index in [1.807, 2.05) is 0 Å². The maximum Gasteiger partial charge on any atom is 0.237 e. The van der Waals surface area contributed by atoms with E-state index >= 15 is 0 Å². The number of nitriles is 2. The van der Waals surface area contributed by atoms with Crippen molar-refractivity contribution in [3.8, 4) is 17.9 Å². The Kier molecular flexibility index (Phi) is 5.06. The van der Waals surface area contributed by atoms with Crippen LogP contribution in [0, 0.1) is 28.5 Å². The highest BCUT2D eigenvalue weighted by molar-refractivity contribution is 6.10. The van der Waals surface area contributed by atoms with Crippen molar-refractivity contribution in [2.75, 3.05) is 5.43 Å².